The number of anilines is 1. The molecule has 0 radical (unpaired) electrons. The number of benzene rings is 1. The molecule has 1 aliphatic rings. The van der Waals surface area contributed by atoms with Gasteiger partial charge in [-0.1, -0.05) is 59.7 Å². The van der Waals surface area contributed by atoms with Crippen LogP contribution in [-0.2, 0) is 28.2 Å². The summed E-state index contributed by atoms with van der Waals surface area (Å²) in [4.78, 5) is 30.0. The minimum Gasteiger partial charge on any atom is -0.414 e. The average molecular weight is 656 g/mol. The van der Waals surface area contributed by atoms with E-state index < -0.39 is 63.2 Å². The van der Waals surface area contributed by atoms with Gasteiger partial charge in [0, 0.05) is 11.8 Å². The Morgan fingerprint density at radius 1 is 1.00 bits per heavy atom. The number of carbonyl (C=O) groups excluding carboxylic acids is 1. The second kappa shape index (κ2) is 12.6. The van der Waals surface area contributed by atoms with E-state index in [1.165, 1.54) is 16.8 Å². The van der Waals surface area contributed by atoms with Crippen molar-refractivity contribution in [1.29, 1.82) is 0 Å². The molecule has 3 rings (SSSR count). The van der Waals surface area contributed by atoms with Crippen molar-refractivity contribution in [3.8, 4) is 0 Å². The summed E-state index contributed by atoms with van der Waals surface area (Å²) in [6.07, 6.45) is -3.25. The summed E-state index contributed by atoms with van der Waals surface area (Å²) in [7, 11) is -9.90. The molecule has 1 amide bonds. The van der Waals surface area contributed by atoms with Gasteiger partial charge in [-0.25, -0.2) is 8.98 Å². The van der Waals surface area contributed by atoms with Gasteiger partial charge in [-0.2, -0.15) is 13.4 Å². The molecule has 1 aromatic heterocycles. The van der Waals surface area contributed by atoms with Crippen LogP contribution in [0.2, 0.25) is 36.3 Å². The van der Waals surface area contributed by atoms with Gasteiger partial charge in [0.1, 0.15) is 24.1 Å². The molecule has 0 saturated carbocycles. The van der Waals surface area contributed by atoms with Crippen LogP contribution in [-0.4, -0.2) is 70.0 Å². The standard InChI is InChI=1S/C28H45N3O9SSi2/c1-27(2,3)42(7,8)37-18-20-22(39-41(34,35)36)23(40-43(9,10)28(4,5)6)25(38-20)31-17-16-21(30-26(31)33)29-24(32)19-14-12-11-13-15-19/h11-17,20,22-23,25H,18H2,1-10H3,(H,34,35,36)(H,29,30,32,33). The molecule has 4 atom stereocenters. The highest BCUT2D eigenvalue weighted by atomic mass is 32.3. The molecule has 0 aliphatic carbocycles. The van der Waals surface area contributed by atoms with Crippen LogP contribution in [0.25, 0.3) is 0 Å². The Morgan fingerprint density at radius 3 is 2.09 bits per heavy atom. The van der Waals surface area contributed by atoms with Crippen molar-refractivity contribution in [3.63, 3.8) is 0 Å². The van der Waals surface area contributed by atoms with Crippen LogP contribution in [0.1, 0.15) is 58.1 Å². The predicted octanol–water partition coefficient (Wildman–Crippen LogP) is 4.99. The van der Waals surface area contributed by atoms with Gasteiger partial charge < -0.3 is 18.9 Å². The van der Waals surface area contributed by atoms with E-state index >= 15 is 0 Å². The van der Waals surface area contributed by atoms with Crippen LogP contribution in [0.15, 0.2) is 47.4 Å². The van der Waals surface area contributed by atoms with Crippen LogP contribution in [0.3, 0.4) is 0 Å². The number of hydrogen-bond acceptors (Lipinski definition) is 9. The van der Waals surface area contributed by atoms with Crippen molar-refractivity contribution in [2.75, 3.05) is 11.9 Å². The number of hydrogen-bond donors (Lipinski definition) is 2. The first-order valence-corrected chi connectivity index (χ1v) is 21.3. The lowest BCUT2D eigenvalue weighted by molar-refractivity contribution is -0.0506. The molecule has 43 heavy (non-hydrogen) atoms. The average Bonchev–Trinajstić information content (AvgIpc) is 3.16. The maximum absolute atomic E-state index is 13.3. The van der Waals surface area contributed by atoms with Gasteiger partial charge in [0.2, 0.25) is 0 Å². The molecule has 1 saturated heterocycles. The summed E-state index contributed by atoms with van der Waals surface area (Å²) in [5, 5.41) is 2.15. The van der Waals surface area contributed by atoms with Crippen LogP contribution in [0.5, 0.6) is 0 Å². The van der Waals surface area contributed by atoms with E-state index in [4.69, 9.17) is 17.8 Å². The smallest absolute Gasteiger partial charge is 0.397 e. The molecule has 240 valence electrons. The normalized spacial score (nSPS) is 22.0. The highest BCUT2D eigenvalue weighted by molar-refractivity contribution is 7.80. The summed E-state index contributed by atoms with van der Waals surface area (Å²) in [6, 6.07) is 9.92. The Bertz CT molecular complexity index is 1450. The molecule has 2 N–H and O–H groups in total. The molecule has 15 heteroatoms. The number of nitrogens with zero attached hydrogens (tertiary/aromatic N) is 2. The first-order chi connectivity index (χ1) is 19.5. The number of amides is 1. The lowest BCUT2D eigenvalue weighted by atomic mass is 10.1. The first kappa shape index (κ1) is 35.2. The second-order valence-electron chi connectivity index (χ2n) is 13.8. The van der Waals surface area contributed by atoms with E-state index in [0.29, 0.717) is 5.56 Å². The largest absolute Gasteiger partial charge is 0.414 e. The fourth-order valence-corrected chi connectivity index (χ4v) is 6.74. The van der Waals surface area contributed by atoms with Crippen molar-refractivity contribution in [2.24, 2.45) is 0 Å². The first-order valence-electron chi connectivity index (χ1n) is 14.1. The SMILES string of the molecule is CC(C)(C)[Si](C)(C)OCC1OC(n2ccc(NC(=O)c3ccccc3)nc2=O)C(O[Si](C)(C)C(C)(C)C)C1OS(=O)(=O)O. The van der Waals surface area contributed by atoms with E-state index in [-0.39, 0.29) is 22.5 Å². The summed E-state index contributed by atoms with van der Waals surface area (Å²) in [5.41, 5.74) is -0.374. The minimum absolute atomic E-state index is 0.0264. The van der Waals surface area contributed by atoms with Crippen molar-refractivity contribution in [1.82, 2.24) is 9.55 Å². The van der Waals surface area contributed by atoms with Gasteiger partial charge in [0.25, 0.3) is 5.91 Å². The monoisotopic (exact) mass is 655 g/mol. The number of rotatable bonds is 10. The molecule has 2 heterocycles. The lowest BCUT2D eigenvalue weighted by Crippen LogP contribution is -2.51. The highest BCUT2D eigenvalue weighted by Crippen LogP contribution is 2.43. The number of ether oxygens (including phenoxy) is 1. The summed E-state index contributed by atoms with van der Waals surface area (Å²) in [5.74, 6) is -0.413. The molecule has 1 aliphatic heterocycles. The highest BCUT2D eigenvalue weighted by Gasteiger charge is 2.54. The van der Waals surface area contributed by atoms with E-state index in [0.717, 1.165) is 0 Å². The quantitative estimate of drug-likeness (QED) is 0.264. The van der Waals surface area contributed by atoms with Crippen LogP contribution < -0.4 is 11.0 Å². The molecule has 2 aromatic rings. The van der Waals surface area contributed by atoms with Gasteiger partial charge >= 0.3 is 16.1 Å². The van der Waals surface area contributed by atoms with Crippen LogP contribution in [0.4, 0.5) is 5.82 Å². The summed E-state index contributed by atoms with van der Waals surface area (Å²) in [6.45, 7) is 20.2. The van der Waals surface area contributed by atoms with Crippen molar-refractivity contribution >= 4 is 38.8 Å². The zero-order valence-corrected chi connectivity index (χ0v) is 29.4. The minimum atomic E-state index is -4.95. The Morgan fingerprint density at radius 2 is 1.58 bits per heavy atom. The Hall–Kier alpha value is -2.25. The Balaban J connectivity index is 2.03. The van der Waals surface area contributed by atoms with Crippen LogP contribution >= 0.6 is 0 Å². The topological polar surface area (TPSA) is 155 Å². The Kier molecular flexibility index (Phi) is 10.3. The van der Waals surface area contributed by atoms with E-state index in [1.54, 1.807) is 30.3 Å². The second-order valence-corrected chi connectivity index (χ2v) is 24.4. The lowest BCUT2D eigenvalue weighted by Gasteiger charge is -2.40. The molecule has 1 aromatic carbocycles. The van der Waals surface area contributed by atoms with Crippen molar-refractivity contribution < 1.29 is 35.5 Å². The molecule has 1 fully saturated rings. The molecular weight excluding hydrogens is 611 g/mol. The molecule has 0 bridgehead atoms. The van der Waals surface area contributed by atoms with Gasteiger partial charge in [-0.3, -0.25) is 13.9 Å². The molecule has 4 unspecified atom stereocenters. The van der Waals surface area contributed by atoms with E-state index in [2.05, 4.69) is 31.1 Å². The molecular formula is C28H45N3O9SSi2. The van der Waals surface area contributed by atoms with Gasteiger partial charge in [0.05, 0.1) is 6.61 Å². The maximum atomic E-state index is 13.3. The third-order valence-corrected chi connectivity index (χ3v) is 18.0. The molecule has 12 nitrogen and oxygen atoms in total. The van der Waals surface area contributed by atoms with Crippen molar-refractivity contribution in [2.45, 2.75) is 102 Å². The number of carbonyl (C=O) groups is 1. The molecule has 0 spiro atoms. The van der Waals surface area contributed by atoms with E-state index in [1.807, 2.05) is 47.0 Å². The van der Waals surface area contributed by atoms with Crippen LogP contribution in [0, 0.1) is 0 Å². The maximum Gasteiger partial charge on any atom is 0.397 e. The number of aromatic nitrogens is 2. The zero-order chi connectivity index (χ0) is 32.6. The fourth-order valence-electron chi connectivity index (χ4n) is 3.93. The third-order valence-electron chi connectivity index (χ3n) is 8.55. The predicted molar refractivity (Wildman–Crippen MR) is 168 cm³/mol. The third kappa shape index (κ3) is 8.69. The Labute approximate surface area is 256 Å². The number of nitrogens with one attached hydrogen (secondary N) is 1. The van der Waals surface area contributed by atoms with Gasteiger partial charge in [-0.05, 0) is 54.5 Å². The van der Waals surface area contributed by atoms with Crippen molar-refractivity contribution in [3.05, 3.63) is 58.6 Å². The van der Waals surface area contributed by atoms with Gasteiger partial charge in [0.15, 0.2) is 22.9 Å². The van der Waals surface area contributed by atoms with Gasteiger partial charge in [-0.15, -0.1) is 0 Å². The fraction of sp³-hybridized carbons (Fsp3) is 0.607. The van der Waals surface area contributed by atoms with E-state index in [9.17, 15) is 22.6 Å². The summed E-state index contributed by atoms with van der Waals surface area (Å²) >= 11 is 0. The summed E-state index contributed by atoms with van der Waals surface area (Å²) < 4.78 is 59.5. The zero-order valence-electron chi connectivity index (χ0n) is 26.6.